The number of aromatic nitrogens is 4. The van der Waals surface area contributed by atoms with Gasteiger partial charge < -0.3 is 15.0 Å². The fourth-order valence-electron chi connectivity index (χ4n) is 1.46. The highest BCUT2D eigenvalue weighted by molar-refractivity contribution is 7.13. The van der Waals surface area contributed by atoms with E-state index in [2.05, 4.69) is 20.5 Å². The Bertz CT molecular complexity index is 536. The molecule has 0 unspecified atom stereocenters. The number of hydrogen-bond donors (Lipinski definition) is 2. The summed E-state index contributed by atoms with van der Waals surface area (Å²) in [6, 6.07) is 0. The van der Waals surface area contributed by atoms with E-state index in [1.54, 1.807) is 11.7 Å². The topological polar surface area (TPSA) is 92.9 Å². The molecule has 2 N–H and O–H groups in total. The molecule has 0 spiro atoms. The summed E-state index contributed by atoms with van der Waals surface area (Å²) < 4.78 is 1.93. The zero-order valence-corrected chi connectivity index (χ0v) is 10.6. The lowest BCUT2D eigenvalue weighted by Crippen LogP contribution is -2.07. The molecule has 8 heteroatoms. The molecule has 0 atom stereocenters. The minimum absolute atomic E-state index is 0.0523. The molecule has 0 aromatic carbocycles. The third-order valence-electron chi connectivity index (χ3n) is 2.32. The number of thiazole rings is 1. The Morgan fingerprint density at radius 1 is 1.61 bits per heavy atom. The molecule has 0 aliphatic carbocycles. The predicted octanol–water partition coefficient (Wildman–Crippen LogP) is 0.994. The predicted molar refractivity (Wildman–Crippen MR) is 66.5 cm³/mol. The van der Waals surface area contributed by atoms with Crippen LogP contribution >= 0.6 is 11.3 Å². The van der Waals surface area contributed by atoms with Crippen molar-refractivity contribution in [2.45, 2.75) is 26.4 Å². The highest BCUT2D eigenvalue weighted by atomic mass is 32.1. The molecular formula is C10H13N5O2S. The minimum atomic E-state index is -0.877. The Morgan fingerprint density at radius 2 is 2.44 bits per heavy atom. The Hall–Kier alpha value is -1.96. The summed E-state index contributed by atoms with van der Waals surface area (Å²) in [6.07, 6.45) is 1.62. The summed E-state index contributed by atoms with van der Waals surface area (Å²) in [6.45, 7) is 3.35. The molecule has 2 rings (SSSR count). The van der Waals surface area contributed by atoms with Gasteiger partial charge in [0.2, 0.25) is 0 Å². The van der Waals surface area contributed by atoms with Gasteiger partial charge in [0.05, 0.1) is 18.7 Å². The zero-order chi connectivity index (χ0) is 13.0. The van der Waals surface area contributed by atoms with E-state index in [0.29, 0.717) is 17.4 Å². The SMILES string of the molecule is CCn1cnnc1CNc1nc(CC(=O)O)cs1. The molecule has 0 aliphatic rings. The van der Waals surface area contributed by atoms with E-state index < -0.39 is 5.97 Å². The molecule has 0 amide bonds. The normalized spacial score (nSPS) is 10.5. The van der Waals surface area contributed by atoms with Crippen LogP contribution in [-0.4, -0.2) is 30.8 Å². The first kappa shape index (κ1) is 12.5. The summed E-state index contributed by atoms with van der Waals surface area (Å²) in [5.74, 6) is -0.0509. The molecule has 0 radical (unpaired) electrons. The number of rotatable bonds is 6. The number of carbonyl (C=O) groups is 1. The van der Waals surface area contributed by atoms with Crippen molar-refractivity contribution in [1.29, 1.82) is 0 Å². The number of hydrogen-bond acceptors (Lipinski definition) is 6. The first-order chi connectivity index (χ1) is 8.69. The Kier molecular flexibility index (Phi) is 3.88. The Morgan fingerprint density at radius 3 is 3.17 bits per heavy atom. The number of aliphatic carboxylic acids is 1. The van der Waals surface area contributed by atoms with Gasteiger partial charge in [0.15, 0.2) is 11.0 Å². The molecule has 96 valence electrons. The van der Waals surface area contributed by atoms with Crippen LogP contribution in [0.3, 0.4) is 0 Å². The second-order valence-corrected chi connectivity index (χ2v) is 4.46. The summed E-state index contributed by atoms with van der Waals surface area (Å²) >= 11 is 1.38. The van der Waals surface area contributed by atoms with Crippen LogP contribution in [0.2, 0.25) is 0 Å². The molecule has 0 saturated heterocycles. The summed E-state index contributed by atoms with van der Waals surface area (Å²) in [7, 11) is 0. The molecular weight excluding hydrogens is 254 g/mol. The lowest BCUT2D eigenvalue weighted by molar-refractivity contribution is -0.136. The Balaban J connectivity index is 1.94. The molecule has 2 heterocycles. The second kappa shape index (κ2) is 5.58. The third-order valence-corrected chi connectivity index (χ3v) is 3.17. The minimum Gasteiger partial charge on any atom is -0.481 e. The molecule has 0 bridgehead atoms. The molecule has 7 nitrogen and oxygen atoms in total. The average Bonchev–Trinajstić information content (AvgIpc) is 2.93. The number of carboxylic acids is 1. The van der Waals surface area contributed by atoms with Gasteiger partial charge in [-0.05, 0) is 6.92 Å². The lowest BCUT2D eigenvalue weighted by Gasteiger charge is -2.03. The van der Waals surface area contributed by atoms with E-state index in [1.165, 1.54) is 11.3 Å². The van der Waals surface area contributed by atoms with Crippen molar-refractivity contribution in [3.05, 3.63) is 23.2 Å². The van der Waals surface area contributed by atoms with Gasteiger partial charge in [0.25, 0.3) is 0 Å². The van der Waals surface area contributed by atoms with Crippen molar-refractivity contribution < 1.29 is 9.90 Å². The van der Waals surface area contributed by atoms with Gasteiger partial charge in [-0.3, -0.25) is 4.79 Å². The number of nitrogens with zero attached hydrogens (tertiary/aromatic N) is 4. The van der Waals surface area contributed by atoms with E-state index in [0.717, 1.165) is 12.4 Å². The van der Waals surface area contributed by atoms with Crippen LogP contribution in [0.25, 0.3) is 0 Å². The van der Waals surface area contributed by atoms with Crippen LogP contribution in [0.5, 0.6) is 0 Å². The van der Waals surface area contributed by atoms with Crippen LogP contribution < -0.4 is 5.32 Å². The van der Waals surface area contributed by atoms with Crippen LogP contribution in [-0.2, 0) is 24.3 Å². The molecule has 2 aromatic rings. The first-order valence-corrected chi connectivity index (χ1v) is 6.33. The molecule has 0 saturated carbocycles. The van der Waals surface area contributed by atoms with Crippen molar-refractivity contribution in [2.75, 3.05) is 5.32 Å². The number of aryl methyl sites for hydroxylation is 1. The molecule has 2 aromatic heterocycles. The quantitative estimate of drug-likeness (QED) is 0.811. The van der Waals surface area contributed by atoms with Gasteiger partial charge in [-0.1, -0.05) is 0 Å². The molecule has 0 fully saturated rings. The number of anilines is 1. The second-order valence-electron chi connectivity index (χ2n) is 3.60. The average molecular weight is 267 g/mol. The Labute approximate surface area is 108 Å². The van der Waals surface area contributed by atoms with Crippen LogP contribution in [0.1, 0.15) is 18.4 Å². The maximum absolute atomic E-state index is 10.5. The third kappa shape index (κ3) is 3.04. The largest absolute Gasteiger partial charge is 0.481 e. The van der Waals surface area contributed by atoms with Crippen LogP contribution in [0.4, 0.5) is 5.13 Å². The monoisotopic (exact) mass is 267 g/mol. The summed E-state index contributed by atoms with van der Waals surface area (Å²) in [5.41, 5.74) is 0.562. The number of carboxylic acid groups (broad SMARTS) is 1. The first-order valence-electron chi connectivity index (χ1n) is 5.45. The van der Waals surface area contributed by atoms with Crippen LogP contribution in [0, 0.1) is 0 Å². The van der Waals surface area contributed by atoms with Gasteiger partial charge in [-0.25, -0.2) is 4.98 Å². The highest BCUT2D eigenvalue weighted by Crippen LogP contribution is 2.16. The number of nitrogens with one attached hydrogen (secondary N) is 1. The summed E-state index contributed by atoms with van der Waals surface area (Å²) in [5, 5.41) is 22.0. The van der Waals surface area contributed by atoms with Gasteiger partial charge >= 0.3 is 5.97 Å². The van der Waals surface area contributed by atoms with Gasteiger partial charge in [0, 0.05) is 11.9 Å². The van der Waals surface area contributed by atoms with E-state index in [4.69, 9.17) is 5.11 Å². The van der Waals surface area contributed by atoms with Crippen molar-refractivity contribution in [3.63, 3.8) is 0 Å². The molecule has 18 heavy (non-hydrogen) atoms. The maximum atomic E-state index is 10.5. The van der Waals surface area contributed by atoms with Crippen LogP contribution in [0.15, 0.2) is 11.7 Å². The summed E-state index contributed by atoms with van der Waals surface area (Å²) in [4.78, 5) is 14.7. The van der Waals surface area contributed by atoms with E-state index >= 15 is 0 Å². The molecule has 0 aliphatic heterocycles. The maximum Gasteiger partial charge on any atom is 0.309 e. The van der Waals surface area contributed by atoms with Gasteiger partial charge in [0.1, 0.15) is 6.33 Å². The van der Waals surface area contributed by atoms with Gasteiger partial charge in [-0.15, -0.1) is 21.5 Å². The van der Waals surface area contributed by atoms with Crippen molar-refractivity contribution in [1.82, 2.24) is 19.7 Å². The fourth-order valence-corrected chi connectivity index (χ4v) is 2.17. The van der Waals surface area contributed by atoms with Crippen molar-refractivity contribution in [2.24, 2.45) is 0 Å². The van der Waals surface area contributed by atoms with Gasteiger partial charge in [-0.2, -0.15) is 0 Å². The van der Waals surface area contributed by atoms with Crippen molar-refractivity contribution in [3.8, 4) is 0 Å². The lowest BCUT2D eigenvalue weighted by atomic mass is 10.3. The fraction of sp³-hybridized carbons (Fsp3) is 0.400. The smallest absolute Gasteiger partial charge is 0.309 e. The van der Waals surface area contributed by atoms with E-state index in [-0.39, 0.29) is 6.42 Å². The van der Waals surface area contributed by atoms with E-state index in [1.807, 2.05) is 11.5 Å². The highest BCUT2D eigenvalue weighted by Gasteiger charge is 2.07. The zero-order valence-electron chi connectivity index (χ0n) is 9.83. The van der Waals surface area contributed by atoms with E-state index in [9.17, 15) is 4.79 Å². The van der Waals surface area contributed by atoms with Crippen molar-refractivity contribution >= 4 is 22.4 Å². The standard InChI is InChI=1S/C10H13N5O2S/c1-2-15-6-12-14-8(15)4-11-10-13-7(5-18-10)3-9(16)17/h5-6H,2-4H2,1H3,(H,11,13)(H,16,17).